The predicted molar refractivity (Wildman–Crippen MR) is 118 cm³/mol. The highest BCUT2D eigenvalue weighted by Crippen LogP contribution is 2.59. The minimum Gasteiger partial charge on any atom is -0.504 e. The van der Waals surface area contributed by atoms with Crippen molar-refractivity contribution < 1.29 is 23.9 Å². The number of piperidine rings is 1. The molecule has 1 aliphatic heterocycles. The van der Waals surface area contributed by atoms with E-state index in [1.54, 1.807) is 14.2 Å². The van der Waals surface area contributed by atoms with E-state index in [-0.39, 0.29) is 17.5 Å². The van der Waals surface area contributed by atoms with Gasteiger partial charge >= 0.3 is 0 Å². The molecular weight excluding hydrogens is 390 g/mol. The molecule has 1 fully saturated rings. The number of aromatic hydroxyl groups is 1. The SMILES string of the molecule is COC1=C[C@H]2[C@H]3Cc4ccc(OC)c(O)c4[C@]2(CC[N+]3(C)Cc2ccccc2)CC1=O. The van der Waals surface area contributed by atoms with Gasteiger partial charge in [0.05, 0.1) is 27.8 Å². The van der Waals surface area contributed by atoms with Crippen molar-refractivity contribution in [2.24, 2.45) is 5.92 Å². The number of allylic oxidation sites excluding steroid dienone is 1. The van der Waals surface area contributed by atoms with Crippen LogP contribution >= 0.6 is 0 Å². The number of nitrogens with zero attached hydrogens (tertiary/aromatic N) is 1. The molecule has 1 unspecified atom stereocenters. The number of benzene rings is 2. The Balaban J connectivity index is 1.68. The van der Waals surface area contributed by atoms with E-state index in [0.717, 1.165) is 41.5 Å². The number of likely N-dealkylation sites (tertiary alicyclic amines) is 1. The van der Waals surface area contributed by atoms with Crippen LogP contribution in [0.2, 0.25) is 0 Å². The summed E-state index contributed by atoms with van der Waals surface area (Å²) >= 11 is 0. The highest BCUT2D eigenvalue weighted by Gasteiger charge is 2.61. The first-order valence-corrected chi connectivity index (χ1v) is 11.0. The van der Waals surface area contributed by atoms with Crippen molar-refractivity contribution in [3.05, 3.63) is 71.0 Å². The first-order valence-electron chi connectivity index (χ1n) is 11.0. The minimum absolute atomic E-state index is 0.0201. The molecule has 2 aromatic rings. The molecule has 1 saturated heterocycles. The van der Waals surface area contributed by atoms with Gasteiger partial charge in [0.2, 0.25) is 0 Å². The molecule has 2 bridgehead atoms. The molecule has 1 N–H and O–H groups in total. The Morgan fingerprint density at radius 3 is 2.61 bits per heavy atom. The molecule has 4 atom stereocenters. The second kappa shape index (κ2) is 7.13. The standard InChI is InChI=1S/C26H29NO4/c1-27(16-17-7-5-4-6-8-17)12-11-26-15-21(28)23(31-3)14-19(26)20(27)13-18-9-10-22(30-2)25(29)24(18)26/h4-10,14,19-20H,11-13,15-16H2,1-3H3/p+1/t19-,20+,26+,27?/m0/s1. The Hall–Kier alpha value is -2.79. The van der Waals surface area contributed by atoms with Gasteiger partial charge in [-0.15, -0.1) is 0 Å². The molecular formula is C26H30NO4+. The topological polar surface area (TPSA) is 55.8 Å². The van der Waals surface area contributed by atoms with Crippen molar-refractivity contribution in [3.8, 4) is 11.5 Å². The fourth-order valence-electron chi connectivity index (χ4n) is 6.49. The van der Waals surface area contributed by atoms with Crippen LogP contribution in [0.15, 0.2) is 54.3 Å². The summed E-state index contributed by atoms with van der Waals surface area (Å²) in [5.74, 6) is 1.28. The Morgan fingerprint density at radius 1 is 1.13 bits per heavy atom. The number of carbonyl (C=O) groups is 1. The Labute approximate surface area is 183 Å². The number of methoxy groups -OCH3 is 2. The molecule has 5 rings (SSSR count). The number of phenols is 1. The van der Waals surface area contributed by atoms with Crippen LogP contribution in [0.1, 0.15) is 29.5 Å². The number of ether oxygens (including phenoxy) is 2. The number of phenolic OH excluding ortho intramolecular Hbond substituents is 1. The van der Waals surface area contributed by atoms with Gasteiger partial charge in [-0.2, -0.15) is 0 Å². The van der Waals surface area contributed by atoms with Gasteiger partial charge in [-0.05, 0) is 17.7 Å². The number of hydrogen-bond donors (Lipinski definition) is 1. The van der Waals surface area contributed by atoms with Gasteiger partial charge in [-0.3, -0.25) is 4.79 Å². The smallest absolute Gasteiger partial charge is 0.197 e. The van der Waals surface area contributed by atoms with Crippen LogP contribution in [0.3, 0.4) is 0 Å². The summed E-state index contributed by atoms with van der Waals surface area (Å²) in [6.07, 6.45) is 4.11. The average molecular weight is 421 g/mol. The Morgan fingerprint density at radius 2 is 1.90 bits per heavy atom. The lowest BCUT2D eigenvalue weighted by Crippen LogP contribution is -2.68. The molecule has 31 heavy (non-hydrogen) atoms. The third kappa shape index (κ3) is 2.90. The molecule has 2 aliphatic carbocycles. The molecule has 0 radical (unpaired) electrons. The summed E-state index contributed by atoms with van der Waals surface area (Å²) < 4.78 is 11.8. The normalized spacial score (nSPS) is 31.3. The summed E-state index contributed by atoms with van der Waals surface area (Å²) in [5, 5.41) is 11.2. The van der Waals surface area contributed by atoms with Crippen molar-refractivity contribution in [3.63, 3.8) is 0 Å². The molecule has 1 heterocycles. The second-order valence-corrected chi connectivity index (χ2v) is 9.54. The van der Waals surface area contributed by atoms with Crippen molar-refractivity contribution in [2.45, 2.75) is 37.3 Å². The van der Waals surface area contributed by atoms with Gasteiger partial charge in [-0.25, -0.2) is 0 Å². The number of quaternary nitrogens is 1. The zero-order chi connectivity index (χ0) is 21.8. The number of rotatable bonds is 4. The summed E-state index contributed by atoms with van der Waals surface area (Å²) in [6, 6.07) is 14.9. The molecule has 0 saturated carbocycles. The van der Waals surface area contributed by atoms with E-state index in [0.29, 0.717) is 24.0 Å². The number of fused-ring (bicyclic) bond motifs is 1. The van der Waals surface area contributed by atoms with Crippen molar-refractivity contribution >= 4 is 5.78 Å². The van der Waals surface area contributed by atoms with Gasteiger partial charge in [0.1, 0.15) is 12.6 Å². The highest BCUT2D eigenvalue weighted by atomic mass is 16.5. The lowest BCUT2D eigenvalue weighted by molar-refractivity contribution is -0.956. The average Bonchev–Trinajstić information content (AvgIpc) is 2.76. The van der Waals surface area contributed by atoms with E-state index in [1.165, 1.54) is 5.56 Å². The lowest BCUT2D eigenvalue weighted by Gasteiger charge is -2.60. The summed E-state index contributed by atoms with van der Waals surface area (Å²) in [5.41, 5.74) is 2.96. The van der Waals surface area contributed by atoms with Gasteiger partial charge in [-0.1, -0.05) is 36.4 Å². The zero-order valence-electron chi connectivity index (χ0n) is 18.4. The summed E-state index contributed by atoms with van der Waals surface area (Å²) in [4.78, 5) is 13.0. The van der Waals surface area contributed by atoms with Gasteiger partial charge in [0.15, 0.2) is 23.0 Å². The molecule has 0 aromatic heterocycles. The van der Waals surface area contributed by atoms with E-state index < -0.39 is 5.41 Å². The quantitative estimate of drug-likeness (QED) is 0.766. The van der Waals surface area contributed by atoms with Crippen molar-refractivity contribution in [2.75, 3.05) is 27.8 Å². The first kappa shape index (κ1) is 20.1. The van der Waals surface area contributed by atoms with Crippen LogP contribution in [0.5, 0.6) is 11.5 Å². The van der Waals surface area contributed by atoms with Crippen LogP contribution in [0.25, 0.3) is 0 Å². The monoisotopic (exact) mass is 420 g/mol. The Bertz CT molecular complexity index is 1060. The third-order valence-electron chi connectivity index (χ3n) is 7.98. The van der Waals surface area contributed by atoms with Gasteiger partial charge in [0.25, 0.3) is 0 Å². The maximum absolute atomic E-state index is 13.0. The first-order chi connectivity index (χ1) is 14.9. The summed E-state index contributed by atoms with van der Waals surface area (Å²) in [7, 11) is 5.49. The van der Waals surface area contributed by atoms with Crippen LogP contribution < -0.4 is 4.74 Å². The zero-order valence-corrected chi connectivity index (χ0v) is 18.4. The molecule has 162 valence electrons. The number of carbonyl (C=O) groups excluding carboxylic acids is 1. The van der Waals surface area contributed by atoms with Crippen molar-refractivity contribution in [1.29, 1.82) is 0 Å². The molecule has 5 nitrogen and oxygen atoms in total. The lowest BCUT2D eigenvalue weighted by atomic mass is 9.53. The van der Waals surface area contributed by atoms with E-state index >= 15 is 0 Å². The second-order valence-electron chi connectivity index (χ2n) is 9.54. The Kier molecular flexibility index (Phi) is 4.63. The van der Waals surface area contributed by atoms with E-state index in [2.05, 4.69) is 49.5 Å². The van der Waals surface area contributed by atoms with Gasteiger partial charge < -0.3 is 19.1 Å². The molecule has 5 heteroatoms. The maximum atomic E-state index is 13.0. The van der Waals surface area contributed by atoms with Crippen LogP contribution in [0.4, 0.5) is 0 Å². The van der Waals surface area contributed by atoms with E-state index in [1.807, 2.05) is 6.07 Å². The van der Waals surface area contributed by atoms with Gasteiger partial charge in [0, 0.05) is 41.7 Å². The molecule has 0 amide bonds. The number of Topliss-reactive ketones (excluding diaryl/α,β-unsaturated/α-hetero) is 1. The number of ketones is 1. The number of hydrogen-bond acceptors (Lipinski definition) is 4. The van der Waals surface area contributed by atoms with Crippen LogP contribution in [0, 0.1) is 5.92 Å². The largest absolute Gasteiger partial charge is 0.504 e. The van der Waals surface area contributed by atoms with Crippen molar-refractivity contribution in [1.82, 2.24) is 0 Å². The summed E-state index contributed by atoms with van der Waals surface area (Å²) in [6.45, 7) is 1.90. The fraction of sp³-hybridized carbons (Fsp3) is 0.423. The van der Waals surface area contributed by atoms with Crippen LogP contribution in [-0.4, -0.2) is 49.2 Å². The van der Waals surface area contributed by atoms with E-state index in [4.69, 9.17) is 9.47 Å². The fourth-order valence-corrected chi connectivity index (χ4v) is 6.49. The minimum atomic E-state index is -0.412. The number of likely N-dealkylation sites (N-methyl/N-ethyl adjacent to an activating group) is 1. The van der Waals surface area contributed by atoms with Crippen LogP contribution in [-0.2, 0) is 27.9 Å². The molecule has 3 aliphatic rings. The molecule has 2 aromatic carbocycles. The maximum Gasteiger partial charge on any atom is 0.197 e. The van der Waals surface area contributed by atoms with E-state index in [9.17, 15) is 9.90 Å². The molecule has 0 spiro atoms. The predicted octanol–water partition coefficient (Wildman–Crippen LogP) is 3.73. The third-order valence-corrected chi connectivity index (χ3v) is 7.98. The highest BCUT2D eigenvalue weighted by molar-refractivity contribution is 5.96.